The van der Waals surface area contributed by atoms with Gasteiger partial charge in [0.1, 0.15) is 4.88 Å². The van der Waals surface area contributed by atoms with Crippen molar-refractivity contribution in [1.82, 2.24) is 9.59 Å². The van der Waals surface area contributed by atoms with Gasteiger partial charge in [-0.3, -0.25) is 9.59 Å². The van der Waals surface area contributed by atoms with Crippen LogP contribution in [0.15, 0.2) is 24.3 Å². The van der Waals surface area contributed by atoms with E-state index < -0.39 is 5.97 Å². The van der Waals surface area contributed by atoms with E-state index in [-0.39, 0.29) is 12.3 Å². The average molecular weight is 291 g/mol. The van der Waals surface area contributed by atoms with Gasteiger partial charge in [0.25, 0.3) is 5.91 Å². The minimum atomic E-state index is -0.867. The summed E-state index contributed by atoms with van der Waals surface area (Å²) in [6.07, 6.45) is 0.389. The molecule has 104 valence electrons. The molecule has 0 aliphatic carbocycles. The number of aliphatic carboxylic acids is 1. The smallest absolute Gasteiger partial charge is 0.303 e. The zero-order valence-electron chi connectivity index (χ0n) is 10.8. The molecule has 1 heterocycles. The number of hydrogen-bond acceptors (Lipinski definition) is 5. The summed E-state index contributed by atoms with van der Waals surface area (Å²) < 4.78 is 3.72. The number of amides is 1. The number of para-hydroxylation sites is 1. The lowest BCUT2D eigenvalue weighted by Crippen LogP contribution is -2.13. The van der Waals surface area contributed by atoms with Gasteiger partial charge in [-0.2, -0.15) is 0 Å². The Morgan fingerprint density at radius 1 is 1.35 bits per heavy atom. The SMILES string of the molecule is Cc1nnsc1C(=O)Nc1ccccc1CCC(=O)O. The predicted molar refractivity (Wildman–Crippen MR) is 75.0 cm³/mol. The summed E-state index contributed by atoms with van der Waals surface area (Å²) in [6.45, 7) is 1.72. The maximum Gasteiger partial charge on any atom is 0.303 e. The summed E-state index contributed by atoms with van der Waals surface area (Å²) in [7, 11) is 0. The number of carbonyl (C=O) groups excluding carboxylic acids is 1. The van der Waals surface area contributed by atoms with Gasteiger partial charge >= 0.3 is 5.97 Å². The first kappa shape index (κ1) is 14.1. The fraction of sp³-hybridized carbons (Fsp3) is 0.231. The lowest BCUT2D eigenvalue weighted by molar-refractivity contribution is -0.136. The quantitative estimate of drug-likeness (QED) is 0.880. The lowest BCUT2D eigenvalue weighted by atomic mass is 10.1. The van der Waals surface area contributed by atoms with Crippen molar-refractivity contribution in [2.75, 3.05) is 5.32 Å². The molecule has 2 N–H and O–H groups in total. The molecule has 0 bridgehead atoms. The minimum absolute atomic E-state index is 0.0218. The second kappa shape index (κ2) is 6.25. The molecule has 0 aliphatic heterocycles. The van der Waals surface area contributed by atoms with E-state index >= 15 is 0 Å². The van der Waals surface area contributed by atoms with Crippen LogP contribution >= 0.6 is 11.5 Å². The summed E-state index contributed by atoms with van der Waals surface area (Å²) in [5, 5.41) is 15.3. The number of carbonyl (C=O) groups is 2. The van der Waals surface area contributed by atoms with Gasteiger partial charge in [-0.1, -0.05) is 22.7 Å². The summed E-state index contributed by atoms with van der Waals surface area (Å²) in [5.41, 5.74) is 1.99. The molecule has 0 spiro atoms. The molecule has 1 aromatic heterocycles. The Bertz CT molecular complexity index is 639. The zero-order chi connectivity index (χ0) is 14.5. The minimum Gasteiger partial charge on any atom is -0.481 e. The number of nitrogens with one attached hydrogen (secondary N) is 1. The van der Waals surface area contributed by atoms with Crippen LogP contribution in [0, 0.1) is 6.92 Å². The molecule has 6 nitrogen and oxygen atoms in total. The number of anilines is 1. The third-order valence-electron chi connectivity index (χ3n) is 2.73. The van der Waals surface area contributed by atoms with Crippen LogP contribution in [0.5, 0.6) is 0 Å². The van der Waals surface area contributed by atoms with Crippen LogP contribution in [-0.4, -0.2) is 26.6 Å². The van der Waals surface area contributed by atoms with Gasteiger partial charge in [-0.05, 0) is 36.5 Å². The molecule has 20 heavy (non-hydrogen) atoms. The molecule has 2 aromatic rings. The van der Waals surface area contributed by atoms with Gasteiger partial charge < -0.3 is 10.4 Å². The van der Waals surface area contributed by atoms with Gasteiger partial charge in [0.2, 0.25) is 0 Å². The predicted octanol–water partition coefficient (Wildman–Crippen LogP) is 2.12. The van der Waals surface area contributed by atoms with Crippen molar-refractivity contribution in [3.05, 3.63) is 40.4 Å². The van der Waals surface area contributed by atoms with Crippen LogP contribution in [0.4, 0.5) is 5.69 Å². The maximum absolute atomic E-state index is 12.1. The van der Waals surface area contributed by atoms with E-state index in [1.807, 2.05) is 6.07 Å². The second-order valence-electron chi connectivity index (χ2n) is 4.19. The van der Waals surface area contributed by atoms with Crippen molar-refractivity contribution in [3.8, 4) is 0 Å². The van der Waals surface area contributed by atoms with Crippen LogP contribution in [0.1, 0.15) is 27.3 Å². The Balaban J connectivity index is 2.15. The van der Waals surface area contributed by atoms with Gasteiger partial charge in [0, 0.05) is 12.1 Å². The highest BCUT2D eigenvalue weighted by molar-refractivity contribution is 7.08. The van der Waals surface area contributed by atoms with Gasteiger partial charge in [-0.15, -0.1) is 5.10 Å². The van der Waals surface area contributed by atoms with E-state index in [1.54, 1.807) is 25.1 Å². The van der Waals surface area contributed by atoms with Crippen molar-refractivity contribution in [3.63, 3.8) is 0 Å². The van der Waals surface area contributed by atoms with Crippen LogP contribution < -0.4 is 5.32 Å². The number of hydrogen-bond donors (Lipinski definition) is 2. The Morgan fingerprint density at radius 3 is 2.75 bits per heavy atom. The van der Waals surface area contributed by atoms with E-state index in [2.05, 4.69) is 14.9 Å². The summed E-state index contributed by atoms with van der Waals surface area (Å²) in [5.74, 6) is -1.14. The van der Waals surface area contributed by atoms with Crippen molar-refractivity contribution in [2.24, 2.45) is 0 Å². The number of carboxylic acid groups (broad SMARTS) is 1. The molecule has 0 fully saturated rings. The normalized spacial score (nSPS) is 10.2. The van der Waals surface area contributed by atoms with Crippen molar-refractivity contribution < 1.29 is 14.7 Å². The highest BCUT2D eigenvalue weighted by atomic mass is 32.1. The molecule has 0 aliphatic rings. The summed E-state index contributed by atoms with van der Waals surface area (Å²) >= 11 is 1.03. The molecular weight excluding hydrogens is 278 g/mol. The Hall–Kier alpha value is -2.28. The van der Waals surface area contributed by atoms with Crippen LogP contribution in [0.2, 0.25) is 0 Å². The van der Waals surface area contributed by atoms with Crippen molar-refractivity contribution >= 4 is 29.1 Å². The molecule has 1 amide bonds. The first-order chi connectivity index (χ1) is 9.58. The van der Waals surface area contributed by atoms with E-state index in [1.165, 1.54) is 0 Å². The molecule has 0 atom stereocenters. The number of nitrogens with zero attached hydrogens (tertiary/aromatic N) is 2. The third kappa shape index (κ3) is 3.39. The number of carboxylic acids is 1. The second-order valence-corrected chi connectivity index (χ2v) is 4.95. The van der Waals surface area contributed by atoms with Crippen LogP contribution in [0.3, 0.4) is 0 Å². The molecule has 2 rings (SSSR count). The zero-order valence-corrected chi connectivity index (χ0v) is 11.6. The van der Waals surface area contributed by atoms with E-state index in [4.69, 9.17) is 5.11 Å². The Morgan fingerprint density at radius 2 is 2.10 bits per heavy atom. The first-order valence-electron chi connectivity index (χ1n) is 5.98. The first-order valence-corrected chi connectivity index (χ1v) is 6.75. The molecule has 1 aromatic carbocycles. The van der Waals surface area contributed by atoms with Crippen LogP contribution in [-0.2, 0) is 11.2 Å². The largest absolute Gasteiger partial charge is 0.481 e. The van der Waals surface area contributed by atoms with E-state index in [9.17, 15) is 9.59 Å². The fourth-order valence-corrected chi connectivity index (χ4v) is 2.27. The van der Waals surface area contributed by atoms with Gasteiger partial charge in [0.15, 0.2) is 0 Å². The highest BCUT2D eigenvalue weighted by Crippen LogP contribution is 2.19. The summed E-state index contributed by atoms with van der Waals surface area (Å²) in [4.78, 5) is 23.2. The van der Waals surface area contributed by atoms with Crippen molar-refractivity contribution in [1.29, 1.82) is 0 Å². The van der Waals surface area contributed by atoms with Gasteiger partial charge in [-0.25, -0.2) is 0 Å². The van der Waals surface area contributed by atoms with Crippen LogP contribution in [0.25, 0.3) is 0 Å². The van der Waals surface area contributed by atoms with E-state index in [0.29, 0.717) is 22.7 Å². The third-order valence-corrected chi connectivity index (χ3v) is 3.56. The molecule has 0 unspecified atom stereocenters. The number of aromatic nitrogens is 2. The Labute approximate surface area is 119 Å². The lowest BCUT2D eigenvalue weighted by Gasteiger charge is -2.09. The molecular formula is C13H13N3O3S. The molecule has 0 saturated carbocycles. The molecule has 0 saturated heterocycles. The Kier molecular flexibility index (Phi) is 4.41. The number of benzene rings is 1. The molecule has 7 heteroatoms. The monoisotopic (exact) mass is 291 g/mol. The topological polar surface area (TPSA) is 92.2 Å². The molecule has 0 radical (unpaired) electrons. The van der Waals surface area contributed by atoms with E-state index in [0.717, 1.165) is 17.1 Å². The standard InChI is InChI=1S/C13H13N3O3S/c1-8-12(20-16-15-8)13(19)14-10-5-3-2-4-9(10)6-7-11(17)18/h2-5H,6-7H2,1H3,(H,14,19)(H,17,18). The summed E-state index contributed by atoms with van der Waals surface area (Å²) in [6, 6.07) is 7.15. The fourth-order valence-electron chi connectivity index (χ4n) is 1.72. The van der Waals surface area contributed by atoms with Gasteiger partial charge in [0.05, 0.1) is 5.69 Å². The highest BCUT2D eigenvalue weighted by Gasteiger charge is 2.14. The average Bonchev–Trinajstić information content (AvgIpc) is 2.84. The number of rotatable bonds is 5. The number of aryl methyl sites for hydroxylation is 2. The maximum atomic E-state index is 12.1. The van der Waals surface area contributed by atoms with Crippen molar-refractivity contribution in [2.45, 2.75) is 19.8 Å².